The van der Waals surface area contributed by atoms with E-state index in [9.17, 15) is 4.79 Å². The maximum absolute atomic E-state index is 13.2. The number of carbonyl (C=O) groups is 1. The Balaban J connectivity index is 1.63. The van der Waals surface area contributed by atoms with E-state index in [1.54, 1.807) is 0 Å². The lowest BCUT2D eigenvalue weighted by Crippen LogP contribution is -2.37. The van der Waals surface area contributed by atoms with E-state index in [0.717, 1.165) is 28.7 Å². The van der Waals surface area contributed by atoms with Gasteiger partial charge in [0.1, 0.15) is 0 Å². The van der Waals surface area contributed by atoms with Crippen molar-refractivity contribution < 1.29 is 4.79 Å². The van der Waals surface area contributed by atoms with Gasteiger partial charge in [0.15, 0.2) is 5.78 Å². The van der Waals surface area contributed by atoms with Crippen LogP contribution >= 0.6 is 0 Å². The van der Waals surface area contributed by atoms with Crippen molar-refractivity contribution >= 4 is 16.7 Å². The zero-order valence-electron chi connectivity index (χ0n) is 16.2. The SMILES string of the molecule is Cc1c(C(=O)CN2C[C@@]3(C)C[C@H]2CC(C)(C)C3)c2ccccc2n1C. The normalized spacial score (nSPS) is 28.6. The summed E-state index contributed by atoms with van der Waals surface area (Å²) in [5.41, 5.74) is 3.92. The number of benzene rings is 1. The molecule has 3 nitrogen and oxygen atoms in total. The number of para-hydroxylation sites is 1. The Hall–Kier alpha value is -1.61. The average Bonchev–Trinajstić information content (AvgIpc) is 2.90. The molecule has 0 unspecified atom stereocenters. The Morgan fingerprint density at radius 1 is 1.20 bits per heavy atom. The molecular formula is C22H30N2O. The van der Waals surface area contributed by atoms with Crippen molar-refractivity contribution in [1.82, 2.24) is 9.47 Å². The van der Waals surface area contributed by atoms with Gasteiger partial charge < -0.3 is 4.57 Å². The third-order valence-corrected chi connectivity index (χ3v) is 6.55. The Kier molecular flexibility index (Phi) is 3.66. The molecule has 2 bridgehead atoms. The number of aromatic nitrogens is 1. The van der Waals surface area contributed by atoms with Crippen LogP contribution in [0.4, 0.5) is 0 Å². The molecule has 4 rings (SSSR count). The van der Waals surface area contributed by atoms with Gasteiger partial charge in [0, 0.05) is 41.8 Å². The molecule has 0 amide bonds. The van der Waals surface area contributed by atoms with Gasteiger partial charge in [0.2, 0.25) is 0 Å². The molecule has 0 N–H and O–H groups in total. The van der Waals surface area contributed by atoms with E-state index in [1.165, 1.54) is 19.3 Å². The lowest BCUT2D eigenvalue weighted by molar-refractivity contribution is 0.0900. The van der Waals surface area contributed by atoms with Crippen LogP contribution in [0.2, 0.25) is 0 Å². The van der Waals surface area contributed by atoms with Gasteiger partial charge in [-0.2, -0.15) is 0 Å². The summed E-state index contributed by atoms with van der Waals surface area (Å²) in [6.07, 6.45) is 3.73. The van der Waals surface area contributed by atoms with Gasteiger partial charge in [-0.1, -0.05) is 39.0 Å². The summed E-state index contributed by atoms with van der Waals surface area (Å²) in [6, 6.07) is 8.83. The number of likely N-dealkylation sites (tertiary alicyclic amines) is 1. The molecule has 134 valence electrons. The number of carbonyl (C=O) groups excluding carboxylic acids is 1. The highest BCUT2D eigenvalue weighted by Gasteiger charge is 2.49. The van der Waals surface area contributed by atoms with Gasteiger partial charge in [0.25, 0.3) is 0 Å². The van der Waals surface area contributed by atoms with Crippen LogP contribution in [-0.2, 0) is 7.05 Å². The predicted molar refractivity (Wildman–Crippen MR) is 103 cm³/mol. The first-order chi connectivity index (χ1) is 11.7. The van der Waals surface area contributed by atoms with Gasteiger partial charge >= 0.3 is 0 Å². The summed E-state index contributed by atoms with van der Waals surface area (Å²) in [7, 11) is 2.06. The second-order valence-corrected chi connectivity index (χ2v) is 9.58. The van der Waals surface area contributed by atoms with E-state index < -0.39 is 0 Å². The minimum atomic E-state index is 0.281. The van der Waals surface area contributed by atoms with Crippen molar-refractivity contribution in [3.05, 3.63) is 35.5 Å². The number of ketones is 1. The topological polar surface area (TPSA) is 25.2 Å². The first-order valence-corrected chi connectivity index (χ1v) is 9.50. The van der Waals surface area contributed by atoms with Crippen molar-refractivity contribution in [3.63, 3.8) is 0 Å². The summed E-state index contributed by atoms with van der Waals surface area (Å²) in [6.45, 7) is 10.9. The Morgan fingerprint density at radius 3 is 2.68 bits per heavy atom. The summed E-state index contributed by atoms with van der Waals surface area (Å²) in [5.74, 6) is 0.281. The largest absolute Gasteiger partial charge is 0.347 e. The summed E-state index contributed by atoms with van der Waals surface area (Å²) < 4.78 is 2.15. The molecule has 0 radical (unpaired) electrons. The van der Waals surface area contributed by atoms with Crippen LogP contribution in [-0.4, -0.2) is 34.4 Å². The molecule has 2 atom stereocenters. The van der Waals surface area contributed by atoms with Crippen LogP contribution in [0.25, 0.3) is 10.9 Å². The van der Waals surface area contributed by atoms with Crippen molar-refractivity contribution in [2.75, 3.05) is 13.1 Å². The number of hydrogen-bond acceptors (Lipinski definition) is 2. The predicted octanol–water partition coefficient (Wildman–Crippen LogP) is 4.57. The second-order valence-electron chi connectivity index (χ2n) is 9.58. The lowest BCUT2D eigenvalue weighted by Gasteiger charge is -2.39. The van der Waals surface area contributed by atoms with Crippen molar-refractivity contribution in [3.8, 4) is 0 Å². The first-order valence-electron chi connectivity index (χ1n) is 9.50. The highest BCUT2D eigenvalue weighted by atomic mass is 16.1. The molecule has 0 spiro atoms. The minimum Gasteiger partial charge on any atom is -0.347 e. The van der Waals surface area contributed by atoms with E-state index in [2.05, 4.69) is 56.3 Å². The van der Waals surface area contributed by atoms with Crippen LogP contribution in [0.3, 0.4) is 0 Å². The molecule has 2 aromatic rings. The van der Waals surface area contributed by atoms with Crippen LogP contribution in [0.5, 0.6) is 0 Å². The molecule has 1 aromatic heterocycles. The molecular weight excluding hydrogens is 308 g/mol. The zero-order chi connectivity index (χ0) is 18.0. The second kappa shape index (κ2) is 5.44. The minimum absolute atomic E-state index is 0.281. The van der Waals surface area contributed by atoms with E-state index in [0.29, 0.717) is 23.4 Å². The van der Waals surface area contributed by atoms with E-state index in [1.807, 2.05) is 12.1 Å². The summed E-state index contributed by atoms with van der Waals surface area (Å²) >= 11 is 0. The lowest BCUT2D eigenvalue weighted by atomic mass is 9.65. The highest BCUT2D eigenvalue weighted by molar-refractivity contribution is 6.10. The van der Waals surface area contributed by atoms with Gasteiger partial charge in [0.05, 0.1) is 6.54 Å². The molecule has 1 aliphatic carbocycles. The number of nitrogens with zero attached hydrogens (tertiary/aromatic N) is 2. The third kappa shape index (κ3) is 2.73. The van der Waals surface area contributed by atoms with E-state index in [-0.39, 0.29) is 5.78 Å². The van der Waals surface area contributed by atoms with Crippen LogP contribution in [0.15, 0.2) is 24.3 Å². The first kappa shape index (κ1) is 16.8. The molecule has 2 fully saturated rings. The Bertz CT molecular complexity index is 847. The number of hydrogen-bond donors (Lipinski definition) is 0. The maximum atomic E-state index is 13.2. The molecule has 2 aliphatic rings. The highest BCUT2D eigenvalue weighted by Crippen LogP contribution is 2.52. The number of aryl methyl sites for hydroxylation is 1. The van der Waals surface area contributed by atoms with Crippen molar-refractivity contribution in [2.45, 2.75) is 53.0 Å². The number of Topliss-reactive ketones (excluding diaryl/α,β-unsaturated/α-hetero) is 1. The van der Waals surface area contributed by atoms with Gasteiger partial charge in [-0.05, 0) is 43.1 Å². The van der Waals surface area contributed by atoms with Gasteiger partial charge in [-0.3, -0.25) is 9.69 Å². The molecule has 2 heterocycles. The Labute approximate surface area is 151 Å². The van der Waals surface area contributed by atoms with Crippen molar-refractivity contribution in [1.29, 1.82) is 0 Å². The fraction of sp³-hybridized carbons (Fsp3) is 0.591. The summed E-state index contributed by atoms with van der Waals surface area (Å²) in [4.78, 5) is 15.7. The van der Waals surface area contributed by atoms with Crippen LogP contribution in [0, 0.1) is 17.8 Å². The van der Waals surface area contributed by atoms with Crippen LogP contribution < -0.4 is 0 Å². The van der Waals surface area contributed by atoms with E-state index in [4.69, 9.17) is 0 Å². The zero-order valence-corrected chi connectivity index (χ0v) is 16.2. The van der Waals surface area contributed by atoms with Crippen LogP contribution in [0.1, 0.15) is 56.1 Å². The smallest absolute Gasteiger partial charge is 0.179 e. The number of rotatable bonds is 3. The average molecular weight is 338 g/mol. The molecule has 1 aromatic carbocycles. The molecule has 1 saturated carbocycles. The van der Waals surface area contributed by atoms with Gasteiger partial charge in [-0.15, -0.1) is 0 Å². The standard InChI is InChI=1S/C22H30N2O/c1-15-20(17-8-6-7-9-18(17)23(15)5)19(25)12-24-14-22(4)11-16(24)10-21(2,3)13-22/h6-9,16H,10-14H2,1-5H3/t16-,22+/m1/s1. The monoisotopic (exact) mass is 338 g/mol. The third-order valence-electron chi connectivity index (χ3n) is 6.55. The van der Waals surface area contributed by atoms with E-state index >= 15 is 0 Å². The Morgan fingerprint density at radius 2 is 1.92 bits per heavy atom. The summed E-state index contributed by atoms with van der Waals surface area (Å²) in [5, 5.41) is 1.10. The molecule has 3 heteroatoms. The maximum Gasteiger partial charge on any atom is 0.179 e. The fourth-order valence-corrected chi connectivity index (χ4v) is 5.90. The van der Waals surface area contributed by atoms with Gasteiger partial charge in [-0.25, -0.2) is 0 Å². The molecule has 1 aliphatic heterocycles. The fourth-order valence-electron chi connectivity index (χ4n) is 5.90. The van der Waals surface area contributed by atoms with Crippen molar-refractivity contribution in [2.24, 2.45) is 17.9 Å². The molecule has 25 heavy (non-hydrogen) atoms. The number of fused-ring (bicyclic) bond motifs is 3. The quantitative estimate of drug-likeness (QED) is 0.766. The molecule has 1 saturated heterocycles.